The number of nitrogens with zero attached hydrogens (tertiary/aromatic N) is 1. The molecule has 0 saturated carbocycles. The lowest BCUT2D eigenvalue weighted by molar-refractivity contribution is -0.132. The smallest absolute Gasteiger partial charge is 0.332 e. The maximum Gasteiger partial charge on any atom is 0.332 e. The summed E-state index contributed by atoms with van der Waals surface area (Å²) in [4.78, 5) is 9.90. The van der Waals surface area contributed by atoms with Crippen LogP contribution in [0.25, 0.3) is 0 Å². The molecule has 7 heteroatoms. The van der Waals surface area contributed by atoms with Gasteiger partial charge in [0, 0.05) is 11.6 Å². The molecule has 0 aromatic rings. The van der Waals surface area contributed by atoms with Crippen LogP contribution in [0, 0.1) is 11.3 Å². The molecule has 0 bridgehead atoms. The summed E-state index contributed by atoms with van der Waals surface area (Å²) >= 11 is 0. The van der Waals surface area contributed by atoms with Gasteiger partial charge in [-0.25, -0.2) is 4.79 Å². The van der Waals surface area contributed by atoms with Gasteiger partial charge >= 0.3 is 5.97 Å². The highest BCUT2D eigenvalue weighted by Gasteiger charge is 2.12. The van der Waals surface area contributed by atoms with Crippen LogP contribution in [0.4, 0.5) is 0 Å². The Morgan fingerprint density at radius 2 is 1.93 bits per heavy atom. The van der Waals surface area contributed by atoms with Crippen molar-refractivity contribution in [2.75, 3.05) is 5.75 Å². The van der Waals surface area contributed by atoms with Gasteiger partial charge in [0.25, 0.3) is 10.1 Å². The van der Waals surface area contributed by atoms with E-state index in [9.17, 15) is 13.2 Å². The zero-order valence-electron chi connectivity index (χ0n) is 7.17. The summed E-state index contributed by atoms with van der Waals surface area (Å²) < 4.78 is 28.0. The van der Waals surface area contributed by atoms with E-state index in [2.05, 4.69) is 13.2 Å². The molecule has 0 aromatic heterocycles. The van der Waals surface area contributed by atoms with Crippen molar-refractivity contribution in [1.82, 2.24) is 0 Å². The lowest BCUT2D eigenvalue weighted by Gasteiger charge is -1.94. The van der Waals surface area contributed by atoms with Crippen molar-refractivity contribution in [3.63, 3.8) is 0 Å². The van der Waals surface area contributed by atoms with Crippen molar-refractivity contribution >= 4 is 16.1 Å². The highest BCUT2D eigenvalue weighted by atomic mass is 32.2. The average molecular weight is 219 g/mol. The van der Waals surface area contributed by atoms with Gasteiger partial charge in [0.2, 0.25) is 0 Å². The van der Waals surface area contributed by atoms with Gasteiger partial charge in [-0.1, -0.05) is 13.2 Å². The van der Waals surface area contributed by atoms with Crippen LogP contribution in [0.1, 0.15) is 0 Å². The molecule has 0 aliphatic carbocycles. The number of nitriles is 1. The van der Waals surface area contributed by atoms with Gasteiger partial charge in [-0.3, -0.25) is 4.55 Å². The Hall–Kier alpha value is -1.65. The van der Waals surface area contributed by atoms with Crippen molar-refractivity contribution in [3.8, 4) is 6.07 Å². The van der Waals surface area contributed by atoms with Gasteiger partial charge in [-0.2, -0.15) is 13.7 Å². The molecule has 0 heterocycles. The Labute approximate surface area is 81.5 Å². The Morgan fingerprint density at radius 1 is 1.57 bits per heavy atom. The first kappa shape index (κ1) is 14.9. The molecule has 0 aliphatic rings. The molecule has 0 rings (SSSR count). The van der Waals surface area contributed by atoms with E-state index in [1.165, 1.54) is 6.08 Å². The molecular weight excluding hydrogens is 210 g/mol. The van der Waals surface area contributed by atoms with Gasteiger partial charge in [-0.15, -0.1) is 0 Å². The van der Waals surface area contributed by atoms with E-state index in [0.29, 0.717) is 0 Å². The van der Waals surface area contributed by atoms with Crippen LogP contribution in [0.5, 0.6) is 0 Å². The number of carboxylic acids is 1. The predicted molar refractivity (Wildman–Crippen MR) is 49.0 cm³/mol. The SMILES string of the molecule is C=C(CS(=O)(=O)O)C(=O)O.C=CC#N. The zero-order chi connectivity index (χ0) is 11.8. The Bertz CT molecular complexity index is 362. The van der Waals surface area contributed by atoms with Crippen LogP contribution in [0.2, 0.25) is 0 Å². The molecule has 0 saturated heterocycles. The first-order valence-electron chi connectivity index (χ1n) is 3.11. The van der Waals surface area contributed by atoms with Crippen LogP contribution in [0.15, 0.2) is 24.8 Å². The van der Waals surface area contributed by atoms with Crippen molar-refractivity contribution in [1.29, 1.82) is 5.26 Å². The van der Waals surface area contributed by atoms with E-state index < -0.39 is 27.4 Å². The summed E-state index contributed by atoms with van der Waals surface area (Å²) in [5.41, 5.74) is -0.553. The van der Waals surface area contributed by atoms with Crippen molar-refractivity contribution in [2.24, 2.45) is 0 Å². The van der Waals surface area contributed by atoms with E-state index in [0.717, 1.165) is 0 Å². The number of aliphatic carboxylic acids is 1. The molecule has 0 fully saturated rings. The van der Waals surface area contributed by atoms with Crippen LogP contribution < -0.4 is 0 Å². The minimum atomic E-state index is -4.25. The number of hydrogen-bond acceptors (Lipinski definition) is 4. The lowest BCUT2D eigenvalue weighted by atomic mass is 10.4. The lowest BCUT2D eigenvalue weighted by Crippen LogP contribution is -2.12. The minimum Gasteiger partial charge on any atom is -0.478 e. The van der Waals surface area contributed by atoms with Crippen LogP contribution in [0.3, 0.4) is 0 Å². The first-order valence-corrected chi connectivity index (χ1v) is 4.72. The summed E-state index contributed by atoms with van der Waals surface area (Å²) in [7, 11) is -4.25. The fourth-order valence-corrected chi connectivity index (χ4v) is 0.846. The number of carbonyl (C=O) groups is 1. The second-order valence-corrected chi connectivity index (χ2v) is 3.42. The van der Waals surface area contributed by atoms with Crippen molar-refractivity contribution < 1.29 is 22.9 Å². The summed E-state index contributed by atoms with van der Waals surface area (Å²) in [6.45, 7) is 6.02. The predicted octanol–water partition coefficient (Wildman–Crippen LogP) is 0.211. The Morgan fingerprint density at radius 3 is 2.00 bits per heavy atom. The molecule has 14 heavy (non-hydrogen) atoms. The molecule has 2 N–H and O–H groups in total. The molecule has 0 amide bonds. The fraction of sp³-hybridized carbons (Fsp3) is 0.143. The molecule has 78 valence electrons. The minimum absolute atomic E-state index is 0.553. The maximum atomic E-state index is 9.98. The normalized spacial score (nSPS) is 8.86. The van der Waals surface area contributed by atoms with Crippen molar-refractivity contribution in [2.45, 2.75) is 0 Å². The summed E-state index contributed by atoms with van der Waals surface area (Å²) in [5, 5.41) is 15.6. The molecule has 6 nitrogen and oxygen atoms in total. The number of hydrogen-bond donors (Lipinski definition) is 2. The van der Waals surface area contributed by atoms with E-state index in [1.807, 2.05) is 0 Å². The third-order valence-corrected chi connectivity index (χ3v) is 1.46. The van der Waals surface area contributed by atoms with Gasteiger partial charge in [0.05, 0.1) is 6.07 Å². The molecule has 0 radical (unpaired) electrons. The highest BCUT2D eigenvalue weighted by molar-refractivity contribution is 7.86. The van der Waals surface area contributed by atoms with E-state index in [4.69, 9.17) is 14.9 Å². The number of rotatable bonds is 3. The third kappa shape index (κ3) is 13.0. The Kier molecular flexibility index (Phi) is 7.24. The molecule has 0 spiro atoms. The number of carboxylic acid groups (broad SMARTS) is 1. The topological polar surface area (TPSA) is 115 Å². The van der Waals surface area contributed by atoms with Crippen LogP contribution in [-0.2, 0) is 14.9 Å². The standard InChI is InChI=1S/C4H6O5S.C3H3N/c1-3(4(5)6)2-10(7,8)9;1-2-3-4/h1-2H2,(H,5,6)(H,7,8,9);2H,1H2. The summed E-state index contributed by atoms with van der Waals surface area (Å²) in [5.74, 6) is -2.36. The molecule has 0 atom stereocenters. The van der Waals surface area contributed by atoms with E-state index in [-0.39, 0.29) is 0 Å². The second kappa shape index (κ2) is 6.82. The average Bonchev–Trinajstić information content (AvgIpc) is 2.02. The Balaban J connectivity index is 0. The molecular formula is C7H9NO5S. The third-order valence-electron chi connectivity index (χ3n) is 0.750. The fourth-order valence-electron chi connectivity index (χ4n) is 0.282. The van der Waals surface area contributed by atoms with Crippen LogP contribution in [-0.4, -0.2) is 29.8 Å². The molecule has 0 aliphatic heterocycles. The molecule has 0 aromatic carbocycles. The first-order chi connectivity index (χ1) is 6.24. The second-order valence-electron chi connectivity index (χ2n) is 1.97. The maximum absolute atomic E-state index is 9.98. The zero-order valence-corrected chi connectivity index (χ0v) is 7.99. The quantitative estimate of drug-likeness (QED) is 0.398. The van der Waals surface area contributed by atoms with Gasteiger partial charge < -0.3 is 5.11 Å². The highest BCUT2D eigenvalue weighted by Crippen LogP contribution is 1.94. The van der Waals surface area contributed by atoms with Crippen LogP contribution >= 0.6 is 0 Å². The van der Waals surface area contributed by atoms with Gasteiger partial charge in [-0.05, 0) is 0 Å². The van der Waals surface area contributed by atoms with Crippen molar-refractivity contribution in [3.05, 3.63) is 24.8 Å². The monoisotopic (exact) mass is 219 g/mol. The van der Waals surface area contributed by atoms with Gasteiger partial charge in [0.15, 0.2) is 0 Å². The summed E-state index contributed by atoms with van der Waals surface area (Å²) in [6, 6.07) is 1.69. The largest absolute Gasteiger partial charge is 0.478 e. The number of allylic oxidation sites excluding steroid dienone is 1. The molecule has 0 unspecified atom stereocenters. The van der Waals surface area contributed by atoms with E-state index in [1.54, 1.807) is 6.07 Å². The van der Waals surface area contributed by atoms with E-state index >= 15 is 0 Å². The van der Waals surface area contributed by atoms with Gasteiger partial charge in [0.1, 0.15) is 5.75 Å². The summed E-state index contributed by atoms with van der Waals surface area (Å²) in [6.07, 6.45) is 1.18.